The average molecular weight is 452 g/mol. The molecule has 1 N–H and O–H groups in total. The van der Waals surface area contributed by atoms with Crippen molar-refractivity contribution < 1.29 is 13.2 Å². The van der Waals surface area contributed by atoms with Gasteiger partial charge >= 0.3 is 0 Å². The molecule has 0 saturated carbocycles. The second kappa shape index (κ2) is 8.76. The van der Waals surface area contributed by atoms with E-state index < -0.39 is 10.0 Å². The van der Waals surface area contributed by atoms with E-state index in [0.29, 0.717) is 24.6 Å². The standard InChI is InChI=1S/C23H25N5O3S/c29-32(30)17-1-12-28(32)21-6-2-18(3-7-21)22-10-11-24-23(26-22)25-19-4-8-20(9-5-19)27-13-15-31-16-14-27/h2-11H,1,12-17H2,(H,24,25,26). The van der Waals surface area contributed by atoms with E-state index in [1.165, 1.54) is 9.99 Å². The number of rotatable bonds is 5. The first-order valence-electron chi connectivity index (χ1n) is 10.7. The van der Waals surface area contributed by atoms with Crippen LogP contribution in [-0.4, -0.2) is 57.0 Å². The molecule has 2 saturated heterocycles. The molecule has 166 valence electrons. The number of ether oxygens (including phenoxy) is 1. The van der Waals surface area contributed by atoms with Crippen LogP contribution in [0.15, 0.2) is 60.8 Å². The van der Waals surface area contributed by atoms with Crippen molar-refractivity contribution in [3.8, 4) is 11.3 Å². The summed E-state index contributed by atoms with van der Waals surface area (Å²) in [5.41, 5.74) is 4.45. The van der Waals surface area contributed by atoms with E-state index in [2.05, 4.69) is 32.3 Å². The fourth-order valence-electron chi connectivity index (χ4n) is 4.01. The fraction of sp³-hybridized carbons (Fsp3) is 0.304. The van der Waals surface area contributed by atoms with E-state index >= 15 is 0 Å². The molecule has 0 amide bonds. The van der Waals surface area contributed by atoms with Crippen molar-refractivity contribution in [2.24, 2.45) is 0 Å². The second-order valence-electron chi connectivity index (χ2n) is 7.83. The molecule has 5 rings (SSSR count). The van der Waals surface area contributed by atoms with Gasteiger partial charge in [-0.2, -0.15) is 0 Å². The second-order valence-corrected chi connectivity index (χ2v) is 9.84. The van der Waals surface area contributed by atoms with Crippen LogP contribution in [0.25, 0.3) is 11.3 Å². The highest BCUT2D eigenvalue weighted by molar-refractivity contribution is 7.93. The van der Waals surface area contributed by atoms with Gasteiger partial charge in [0.05, 0.1) is 30.3 Å². The van der Waals surface area contributed by atoms with E-state index in [9.17, 15) is 8.42 Å². The molecule has 2 aromatic carbocycles. The lowest BCUT2D eigenvalue weighted by Crippen LogP contribution is -2.36. The van der Waals surface area contributed by atoms with E-state index in [4.69, 9.17) is 4.74 Å². The normalized spacial score (nSPS) is 18.0. The van der Waals surface area contributed by atoms with Crippen molar-refractivity contribution >= 4 is 33.0 Å². The number of sulfonamides is 1. The first-order valence-corrected chi connectivity index (χ1v) is 12.3. The molecular formula is C23H25N5O3S. The molecule has 0 unspecified atom stereocenters. The van der Waals surface area contributed by atoms with Gasteiger partial charge in [-0.25, -0.2) is 18.4 Å². The molecule has 2 aliphatic heterocycles. The van der Waals surface area contributed by atoms with Crippen molar-refractivity contribution in [1.82, 2.24) is 9.97 Å². The van der Waals surface area contributed by atoms with Crippen LogP contribution in [-0.2, 0) is 14.8 Å². The number of nitrogens with one attached hydrogen (secondary N) is 1. The molecule has 0 radical (unpaired) electrons. The van der Waals surface area contributed by atoms with Crippen LogP contribution >= 0.6 is 0 Å². The summed E-state index contributed by atoms with van der Waals surface area (Å²) in [6.45, 7) is 3.86. The zero-order valence-corrected chi connectivity index (χ0v) is 18.5. The van der Waals surface area contributed by atoms with Gasteiger partial charge in [0.2, 0.25) is 16.0 Å². The molecule has 0 spiro atoms. The largest absolute Gasteiger partial charge is 0.378 e. The minimum absolute atomic E-state index is 0.211. The lowest BCUT2D eigenvalue weighted by atomic mass is 10.1. The minimum Gasteiger partial charge on any atom is -0.378 e. The van der Waals surface area contributed by atoms with Crippen LogP contribution in [0.5, 0.6) is 0 Å². The Morgan fingerprint density at radius 1 is 0.875 bits per heavy atom. The Kier molecular flexibility index (Phi) is 5.67. The summed E-state index contributed by atoms with van der Waals surface area (Å²) < 4.78 is 31.2. The lowest BCUT2D eigenvalue weighted by molar-refractivity contribution is 0.122. The molecule has 32 heavy (non-hydrogen) atoms. The molecule has 0 bridgehead atoms. The monoisotopic (exact) mass is 451 g/mol. The Bertz CT molecular complexity index is 1180. The minimum atomic E-state index is -3.18. The van der Waals surface area contributed by atoms with Gasteiger partial charge < -0.3 is 15.0 Å². The van der Waals surface area contributed by atoms with Gasteiger partial charge in [-0.05, 0) is 48.9 Å². The molecule has 9 heteroatoms. The van der Waals surface area contributed by atoms with E-state index in [1.807, 2.05) is 42.5 Å². The predicted molar refractivity (Wildman–Crippen MR) is 126 cm³/mol. The molecule has 3 heterocycles. The van der Waals surface area contributed by atoms with Crippen molar-refractivity contribution in [3.05, 3.63) is 60.8 Å². The molecule has 2 aliphatic rings. The summed E-state index contributed by atoms with van der Waals surface area (Å²) in [7, 11) is -3.18. The van der Waals surface area contributed by atoms with Crippen molar-refractivity contribution in [3.63, 3.8) is 0 Å². The highest BCUT2D eigenvalue weighted by atomic mass is 32.2. The molecule has 0 atom stereocenters. The first kappa shape index (κ1) is 20.7. The first-order chi connectivity index (χ1) is 15.6. The Labute approximate surface area is 187 Å². The van der Waals surface area contributed by atoms with Gasteiger partial charge in [0, 0.05) is 42.8 Å². The topological polar surface area (TPSA) is 87.7 Å². The quantitative estimate of drug-likeness (QED) is 0.637. The average Bonchev–Trinajstić information content (AvgIpc) is 3.19. The number of morpholine rings is 1. The molecule has 3 aromatic rings. The Morgan fingerprint density at radius 3 is 2.28 bits per heavy atom. The Hall–Kier alpha value is -3.17. The Morgan fingerprint density at radius 2 is 1.59 bits per heavy atom. The van der Waals surface area contributed by atoms with Gasteiger partial charge in [-0.3, -0.25) is 4.31 Å². The highest BCUT2D eigenvalue weighted by Gasteiger charge is 2.28. The summed E-state index contributed by atoms with van der Waals surface area (Å²) in [5, 5.41) is 3.26. The van der Waals surface area contributed by atoms with Crippen LogP contribution in [0.2, 0.25) is 0 Å². The van der Waals surface area contributed by atoms with Crippen LogP contribution in [0.1, 0.15) is 6.42 Å². The SMILES string of the molecule is O=S1(=O)CCCN1c1ccc(-c2ccnc(Nc3ccc(N4CCOCC4)cc3)n2)cc1. The number of benzene rings is 2. The van der Waals surface area contributed by atoms with E-state index in [1.54, 1.807) is 6.20 Å². The van der Waals surface area contributed by atoms with E-state index in [0.717, 1.165) is 43.2 Å². The fourth-order valence-corrected chi connectivity index (χ4v) is 5.58. The van der Waals surface area contributed by atoms with Gasteiger partial charge in [0.25, 0.3) is 0 Å². The summed E-state index contributed by atoms with van der Waals surface area (Å²) in [4.78, 5) is 11.3. The highest BCUT2D eigenvalue weighted by Crippen LogP contribution is 2.27. The molecule has 0 aliphatic carbocycles. The van der Waals surface area contributed by atoms with Crippen molar-refractivity contribution in [2.75, 3.05) is 53.1 Å². The van der Waals surface area contributed by atoms with Crippen LogP contribution in [0.4, 0.5) is 23.0 Å². The van der Waals surface area contributed by atoms with Gasteiger partial charge in [0.1, 0.15) is 0 Å². The van der Waals surface area contributed by atoms with Gasteiger partial charge in [-0.15, -0.1) is 0 Å². The smallest absolute Gasteiger partial charge is 0.235 e. The zero-order valence-electron chi connectivity index (χ0n) is 17.6. The van der Waals surface area contributed by atoms with Crippen LogP contribution in [0.3, 0.4) is 0 Å². The predicted octanol–water partition coefficient (Wildman–Crippen LogP) is 3.26. The third-order valence-corrected chi connectivity index (χ3v) is 7.58. The summed E-state index contributed by atoms with van der Waals surface area (Å²) >= 11 is 0. The lowest BCUT2D eigenvalue weighted by Gasteiger charge is -2.28. The van der Waals surface area contributed by atoms with Gasteiger partial charge in [-0.1, -0.05) is 12.1 Å². The zero-order chi connectivity index (χ0) is 22.0. The van der Waals surface area contributed by atoms with E-state index in [-0.39, 0.29) is 5.75 Å². The summed E-state index contributed by atoms with van der Waals surface area (Å²) in [5.74, 6) is 0.719. The summed E-state index contributed by atoms with van der Waals surface area (Å²) in [6.07, 6.45) is 2.38. The Balaban J connectivity index is 1.29. The number of aromatic nitrogens is 2. The molecule has 8 nitrogen and oxygen atoms in total. The number of anilines is 4. The van der Waals surface area contributed by atoms with Crippen LogP contribution < -0.4 is 14.5 Å². The number of nitrogens with zero attached hydrogens (tertiary/aromatic N) is 4. The van der Waals surface area contributed by atoms with Crippen LogP contribution in [0, 0.1) is 0 Å². The third kappa shape index (κ3) is 4.39. The molecule has 1 aromatic heterocycles. The molecular weight excluding hydrogens is 426 g/mol. The van der Waals surface area contributed by atoms with Crippen molar-refractivity contribution in [2.45, 2.75) is 6.42 Å². The summed E-state index contributed by atoms with van der Waals surface area (Å²) in [6, 6.07) is 17.5. The number of hydrogen-bond acceptors (Lipinski definition) is 7. The maximum absolute atomic E-state index is 12.1. The third-order valence-electron chi connectivity index (χ3n) is 5.71. The van der Waals surface area contributed by atoms with Gasteiger partial charge in [0.15, 0.2) is 0 Å². The molecule has 2 fully saturated rings. The van der Waals surface area contributed by atoms with Crippen molar-refractivity contribution in [1.29, 1.82) is 0 Å². The maximum Gasteiger partial charge on any atom is 0.235 e. The maximum atomic E-state index is 12.1. The number of hydrogen-bond donors (Lipinski definition) is 1.